The van der Waals surface area contributed by atoms with Crippen LogP contribution >= 0.6 is 0 Å². The van der Waals surface area contributed by atoms with Crippen molar-refractivity contribution in [2.45, 2.75) is 32.6 Å². The number of hydrogen-bond donors (Lipinski definition) is 0. The molecule has 10 rings (SSSR count). The third kappa shape index (κ3) is 3.73. The van der Waals surface area contributed by atoms with Gasteiger partial charge >= 0.3 is 0 Å². The molecule has 2 aliphatic rings. The van der Waals surface area contributed by atoms with Crippen molar-refractivity contribution in [3.05, 3.63) is 173 Å². The largest absolute Gasteiger partial charge is 0.309 e. The van der Waals surface area contributed by atoms with E-state index in [1.165, 1.54) is 93.8 Å². The molecular weight excluding hydrogens is 579 g/mol. The van der Waals surface area contributed by atoms with Gasteiger partial charge in [-0.3, -0.25) is 0 Å². The first-order valence-corrected chi connectivity index (χ1v) is 17.1. The molecule has 0 fully saturated rings. The minimum Gasteiger partial charge on any atom is -0.309 e. The molecule has 8 aromatic carbocycles. The van der Waals surface area contributed by atoms with Crippen molar-refractivity contribution >= 4 is 49.4 Å². The summed E-state index contributed by atoms with van der Waals surface area (Å²) in [6, 6.07) is 54.3. The first-order chi connectivity index (χ1) is 23.5. The molecule has 0 saturated heterocycles. The molecule has 0 aromatic heterocycles. The molecular formula is C47H35N. The Kier molecular flexibility index (Phi) is 5.67. The Hall–Kier alpha value is -5.66. The Balaban J connectivity index is 1.28. The molecule has 2 aliphatic carbocycles. The molecule has 8 aromatic rings. The van der Waals surface area contributed by atoms with Gasteiger partial charge in [0.1, 0.15) is 0 Å². The smallest absolute Gasteiger partial charge is 0.0546 e. The summed E-state index contributed by atoms with van der Waals surface area (Å²) in [6.45, 7) is 7.10. The molecule has 0 radical (unpaired) electrons. The van der Waals surface area contributed by atoms with Gasteiger partial charge in [0.15, 0.2) is 0 Å². The Morgan fingerprint density at radius 1 is 0.521 bits per heavy atom. The number of aryl methyl sites for hydroxylation is 1. The zero-order valence-electron chi connectivity index (χ0n) is 27.5. The second-order valence-electron chi connectivity index (χ2n) is 14.2. The lowest BCUT2D eigenvalue weighted by Gasteiger charge is -2.31. The van der Waals surface area contributed by atoms with Crippen LogP contribution in [0.3, 0.4) is 0 Å². The Morgan fingerprint density at radius 2 is 1.12 bits per heavy atom. The summed E-state index contributed by atoms with van der Waals surface area (Å²) >= 11 is 0. The predicted octanol–water partition coefficient (Wildman–Crippen LogP) is 12.8. The minimum atomic E-state index is -0.167. The molecule has 0 N–H and O–H groups in total. The van der Waals surface area contributed by atoms with E-state index in [0.717, 1.165) is 12.1 Å². The van der Waals surface area contributed by atoms with E-state index in [0.29, 0.717) is 0 Å². The summed E-state index contributed by atoms with van der Waals surface area (Å²) in [7, 11) is 0. The fourth-order valence-corrected chi connectivity index (χ4v) is 8.99. The van der Waals surface area contributed by atoms with Gasteiger partial charge in [0.25, 0.3) is 0 Å². The third-order valence-electron chi connectivity index (χ3n) is 11.1. The maximum atomic E-state index is 2.52. The van der Waals surface area contributed by atoms with Crippen molar-refractivity contribution in [2.75, 3.05) is 4.90 Å². The van der Waals surface area contributed by atoms with Crippen molar-refractivity contribution in [1.29, 1.82) is 0 Å². The maximum Gasteiger partial charge on any atom is 0.0546 e. The highest BCUT2D eigenvalue weighted by Gasteiger charge is 2.41. The van der Waals surface area contributed by atoms with Crippen LogP contribution in [-0.2, 0) is 11.8 Å². The van der Waals surface area contributed by atoms with Crippen molar-refractivity contribution < 1.29 is 0 Å². The lowest BCUT2D eigenvalue weighted by molar-refractivity contribution is 0.655. The summed E-state index contributed by atoms with van der Waals surface area (Å²) in [5.74, 6) is 0. The van der Waals surface area contributed by atoms with Gasteiger partial charge in [-0.25, -0.2) is 0 Å². The molecule has 48 heavy (non-hydrogen) atoms. The minimum absolute atomic E-state index is 0.167. The molecule has 0 amide bonds. The van der Waals surface area contributed by atoms with Crippen LogP contribution in [-0.4, -0.2) is 0 Å². The van der Waals surface area contributed by atoms with Gasteiger partial charge in [-0.2, -0.15) is 0 Å². The molecule has 0 heterocycles. The van der Waals surface area contributed by atoms with Crippen molar-refractivity contribution in [2.24, 2.45) is 0 Å². The van der Waals surface area contributed by atoms with E-state index in [1.54, 1.807) is 0 Å². The summed E-state index contributed by atoms with van der Waals surface area (Å²) in [5.41, 5.74) is 16.2. The molecule has 0 bridgehead atoms. The number of nitrogens with zero attached hydrogens (tertiary/aromatic N) is 1. The first kappa shape index (κ1) is 27.5. The molecule has 0 atom stereocenters. The van der Waals surface area contributed by atoms with Crippen LogP contribution in [0.15, 0.2) is 146 Å². The van der Waals surface area contributed by atoms with Crippen molar-refractivity contribution in [3.63, 3.8) is 0 Å². The van der Waals surface area contributed by atoms with Gasteiger partial charge < -0.3 is 4.90 Å². The Labute approximate surface area is 281 Å². The number of fused-ring (bicyclic) bond motifs is 12. The van der Waals surface area contributed by atoms with Crippen LogP contribution in [0.1, 0.15) is 41.7 Å². The van der Waals surface area contributed by atoms with Crippen LogP contribution in [0.5, 0.6) is 0 Å². The average molecular weight is 614 g/mol. The first-order valence-electron chi connectivity index (χ1n) is 17.1. The highest BCUT2D eigenvalue weighted by atomic mass is 15.1. The molecule has 228 valence electrons. The van der Waals surface area contributed by atoms with Crippen LogP contribution in [0, 0.1) is 6.92 Å². The molecule has 1 heteroatoms. The number of para-hydroxylation sites is 1. The van der Waals surface area contributed by atoms with E-state index < -0.39 is 0 Å². The van der Waals surface area contributed by atoms with Gasteiger partial charge in [0.2, 0.25) is 0 Å². The van der Waals surface area contributed by atoms with E-state index in [1.807, 2.05) is 0 Å². The maximum absolute atomic E-state index is 2.52. The predicted molar refractivity (Wildman–Crippen MR) is 204 cm³/mol. The highest BCUT2D eigenvalue weighted by Crippen LogP contribution is 2.58. The summed E-state index contributed by atoms with van der Waals surface area (Å²) < 4.78 is 0. The normalized spacial score (nSPS) is 13.8. The van der Waals surface area contributed by atoms with E-state index in [4.69, 9.17) is 0 Å². The van der Waals surface area contributed by atoms with Gasteiger partial charge in [-0.05, 0) is 104 Å². The van der Waals surface area contributed by atoms with E-state index in [-0.39, 0.29) is 5.41 Å². The topological polar surface area (TPSA) is 3.24 Å². The third-order valence-corrected chi connectivity index (χ3v) is 11.1. The highest BCUT2D eigenvalue weighted by molar-refractivity contribution is 6.17. The zero-order valence-corrected chi connectivity index (χ0v) is 27.5. The number of anilines is 3. The fourth-order valence-electron chi connectivity index (χ4n) is 8.99. The second kappa shape index (κ2) is 9.92. The van der Waals surface area contributed by atoms with Gasteiger partial charge in [-0.1, -0.05) is 141 Å². The lowest BCUT2D eigenvalue weighted by atomic mass is 9.78. The van der Waals surface area contributed by atoms with Crippen LogP contribution in [0.2, 0.25) is 0 Å². The Bertz CT molecular complexity index is 2620. The summed E-state index contributed by atoms with van der Waals surface area (Å²) in [5, 5.41) is 7.63. The molecule has 0 spiro atoms. The van der Waals surface area contributed by atoms with Gasteiger partial charge in [0, 0.05) is 21.9 Å². The van der Waals surface area contributed by atoms with Crippen LogP contribution in [0.25, 0.3) is 54.6 Å². The molecule has 1 nitrogen and oxygen atoms in total. The zero-order chi connectivity index (χ0) is 32.1. The number of rotatable bonds is 3. The van der Waals surface area contributed by atoms with Crippen LogP contribution in [0.4, 0.5) is 17.1 Å². The average Bonchev–Trinajstić information content (AvgIpc) is 3.59. The molecule has 0 aliphatic heterocycles. The number of hydrogen-bond acceptors (Lipinski definition) is 1. The Morgan fingerprint density at radius 3 is 1.92 bits per heavy atom. The summed E-state index contributed by atoms with van der Waals surface area (Å²) in [6.07, 6.45) is 0.997. The lowest BCUT2D eigenvalue weighted by Crippen LogP contribution is -2.18. The summed E-state index contributed by atoms with van der Waals surface area (Å²) in [4.78, 5) is 2.51. The van der Waals surface area contributed by atoms with Crippen molar-refractivity contribution in [3.8, 4) is 22.3 Å². The standard InChI is InChI=1S/C47H35N/c1-29-21-22-34-31(25-29)26-41-36(34)23-24-40-45-39-20-12-11-19-38(39)44(28-42(45)47(2,3)46(40)41)48(32-14-5-4-6-15-32)43-27-30-13-7-8-16-33(30)35-17-9-10-18-37(35)43/h4-25,27-28H,26H2,1-3H3. The second-order valence-corrected chi connectivity index (χ2v) is 14.2. The quantitative estimate of drug-likeness (QED) is 0.179. The van der Waals surface area contributed by atoms with Crippen LogP contribution < -0.4 is 4.90 Å². The number of benzene rings is 8. The van der Waals surface area contributed by atoms with E-state index in [9.17, 15) is 0 Å². The van der Waals surface area contributed by atoms with E-state index in [2.05, 4.69) is 171 Å². The van der Waals surface area contributed by atoms with Gasteiger partial charge in [-0.15, -0.1) is 0 Å². The van der Waals surface area contributed by atoms with Gasteiger partial charge in [0.05, 0.1) is 11.4 Å². The SMILES string of the molecule is Cc1ccc2c(c1)Cc1c-2ccc2c1C(C)(C)c1cc(N(c3ccccc3)c3cc4ccccc4c4ccccc34)c3ccccc3c1-2. The monoisotopic (exact) mass is 613 g/mol. The fraction of sp³-hybridized carbons (Fsp3) is 0.106. The van der Waals surface area contributed by atoms with Crippen molar-refractivity contribution in [1.82, 2.24) is 0 Å². The molecule has 0 unspecified atom stereocenters. The molecule has 0 saturated carbocycles. The van der Waals surface area contributed by atoms with E-state index >= 15 is 0 Å².